The molecule has 0 amide bonds. The van der Waals surface area contributed by atoms with Gasteiger partial charge in [-0.25, -0.2) is 4.57 Å². The van der Waals surface area contributed by atoms with Crippen LogP contribution < -0.4 is 0 Å². The molecule has 2 atom stereocenters. The molecule has 0 spiro atoms. The summed E-state index contributed by atoms with van der Waals surface area (Å²) in [5, 5.41) is 0. The highest BCUT2D eigenvalue weighted by Crippen LogP contribution is 2.43. The zero-order chi connectivity index (χ0) is 26.4. The van der Waals surface area contributed by atoms with Gasteiger partial charge < -0.3 is 14.1 Å². The molecule has 0 aromatic rings. The molecule has 210 valence electrons. The first kappa shape index (κ1) is 34.5. The Morgan fingerprint density at radius 1 is 0.771 bits per heavy atom. The molecule has 35 heavy (non-hydrogen) atoms. The maximum atomic E-state index is 12.1. The Hall–Kier alpha value is -0.460. The summed E-state index contributed by atoms with van der Waals surface area (Å²) in [5.74, 6) is -0.409. The van der Waals surface area contributed by atoms with E-state index in [0.29, 0.717) is 17.4 Å². The fraction of sp³-hybridized carbons (Fsp3) is 0.963. The van der Waals surface area contributed by atoms with Gasteiger partial charge in [-0.15, -0.1) is 0 Å². The van der Waals surface area contributed by atoms with E-state index in [0.717, 1.165) is 19.3 Å². The summed E-state index contributed by atoms with van der Waals surface area (Å²) in [6.07, 6.45) is 20.9. The van der Waals surface area contributed by atoms with Crippen molar-refractivity contribution in [1.82, 2.24) is 0 Å². The maximum absolute atomic E-state index is 12.1. The van der Waals surface area contributed by atoms with Crippen LogP contribution in [0.1, 0.15) is 123 Å². The van der Waals surface area contributed by atoms with Gasteiger partial charge in [-0.1, -0.05) is 103 Å². The number of hydrogen-bond acceptors (Lipinski definition) is 5. The Bertz CT molecular complexity index is 552. The van der Waals surface area contributed by atoms with Gasteiger partial charge in [0.15, 0.2) is 0 Å². The third kappa shape index (κ3) is 26.4. The molecule has 0 rings (SSSR count). The minimum absolute atomic E-state index is 0.120. The number of quaternary nitrogens is 1. The molecule has 2 unspecified atom stereocenters. The van der Waals surface area contributed by atoms with E-state index in [-0.39, 0.29) is 13.2 Å². The zero-order valence-electron chi connectivity index (χ0n) is 23.6. The van der Waals surface area contributed by atoms with E-state index in [1.807, 2.05) is 21.1 Å². The van der Waals surface area contributed by atoms with Gasteiger partial charge >= 0.3 is 13.8 Å². The number of unbranched alkanes of at least 4 members (excludes halogenated alkanes) is 15. The van der Waals surface area contributed by atoms with Crippen LogP contribution >= 0.6 is 7.82 Å². The van der Waals surface area contributed by atoms with Gasteiger partial charge in [-0.3, -0.25) is 13.8 Å². The van der Waals surface area contributed by atoms with Crippen molar-refractivity contribution in [3.8, 4) is 0 Å². The van der Waals surface area contributed by atoms with E-state index in [1.54, 1.807) is 0 Å². The Morgan fingerprint density at radius 2 is 1.20 bits per heavy atom. The highest BCUT2D eigenvalue weighted by atomic mass is 31.2. The summed E-state index contributed by atoms with van der Waals surface area (Å²) >= 11 is 0. The van der Waals surface area contributed by atoms with Crippen molar-refractivity contribution < 1.29 is 32.5 Å². The van der Waals surface area contributed by atoms with E-state index in [4.69, 9.17) is 13.8 Å². The van der Waals surface area contributed by atoms with Crippen molar-refractivity contribution in [2.75, 3.05) is 40.9 Å². The number of carbonyl (C=O) groups excluding carboxylic acids is 1. The van der Waals surface area contributed by atoms with Crippen LogP contribution in [-0.2, 0) is 23.1 Å². The predicted molar refractivity (Wildman–Crippen MR) is 144 cm³/mol. The number of nitrogens with zero attached hydrogens (tertiary/aromatic N) is 1. The second-order valence-corrected chi connectivity index (χ2v) is 12.4. The van der Waals surface area contributed by atoms with Gasteiger partial charge in [-0.05, 0) is 12.8 Å². The number of rotatable bonds is 25. The largest absolute Gasteiger partial charge is 0.472 e. The van der Waals surface area contributed by atoms with E-state index in [1.165, 1.54) is 90.4 Å². The Labute approximate surface area is 216 Å². The fourth-order valence-electron chi connectivity index (χ4n) is 3.98. The van der Waals surface area contributed by atoms with Gasteiger partial charge in [0.2, 0.25) is 0 Å². The molecule has 0 aliphatic heterocycles. The van der Waals surface area contributed by atoms with Gasteiger partial charge in [0.1, 0.15) is 19.3 Å². The van der Waals surface area contributed by atoms with Crippen LogP contribution in [0, 0.1) is 0 Å². The topological polar surface area (TPSA) is 82.1 Å². The monoisotopic (exact) mass is 522 g/mol. The first-order valence-corrected chi connectivity index (χ1v) is 15.6. The first-order valence-electron chi connectivity index (χ1n) is 14.2. The van der Waals surface area contributed by atoms with Crippen molar-refractivity contribution in [1.29, 1.82) is 0 Å². The maximum Gasteiger partial charge on any atom is 0.472 e. The molecule has 0 fully saturated rings. The Balaban J connectivity index is 3.77. The van der Waals surface area contributed by atoms with Gasteiger partial charge in [0.25, 0.3) is 0 Å². The number of phosphoric acid groups is 1. The van der Waals surface area contributed by atoms with Crippen LogP contribution in [0.3, 0.4) is 0 Å². The van der Waals surface area contributed by atoms with Crippen molar-refractivity contribution in [2.24, 2.45) is 0 Å². The lowest BCUT2D eigenvalue weighted by atomic mass is 10.0. The fourth-order valence-corrected chi connectivity index (χ4v) is 4.72. The third-order valence-corrected chi connectivity index (χ3v) is 7.14. The Morgan fingerprint density at radius 3 is 1.60 bits per heavy atom. The molecule has 1 N–H and O–H groups in total. The van der Waals surface area contributed by atoms with Crippen LogP contribution in [0.2, 0.25) is 0 Å². The van der Waals surface area contributed by atoms with Crippen LogP contribution in [0.15, 0.2) is 0 Å². The number of phosphoric ester groups is 1. The van der Waals surface area contributed by atoms with Crippen molar-refractivity contribution in [3.05, 3.63) is 0 Å². The van der Waals surface area contributed by atoms with Crippen LogP contribution in [-0.4, -0.2) is 62.4 Å². The van der Waals surface area contributed by atoms with Gasteiger partial charge in [-0.2, -0.15) is 0 Å². The molecular formula is C27H57NO6P+. The second kappa shape index (κ2) is 21.6. The van der Waals surface area contributed by atoms with Crippen molar-refractivity contribution >= 4 is 13.8 Å². The highest BCUT2D eigenvalue weighted by molar-refractivity contribution is 7.47. The number of ether oxygens (including phenoxy) is 1. The summed E-state index contributed by atoms with van der Waals surface area (Å²) in [4.78, 5) is 21.3. The van der Waals surface area contributed by atoms with E-state index in [2.05, 4.69) is 6.92 Å². The number of carbonyl (C=O) groups is 1. The summed E-state index contributed by atoms with van der Waals surface area (Å²) in [7, 11) is 1.77. The zero-order valence-corrected chi connectivity index (χ0v) is 24.5. The molecule has 0 saturated carbocycles. The number of esters is 1. The SMILES string of the molecule is CCCCCCCCCCCCCCCCCCC(COP(=O)(O)OCC[N+](C)(C)C)OC(C)=O. The molecule has 0 bridgehead atoms. The molecule has 0 aromatic heterocycles. The summed E-state index contributed by atoms with van der Waals surface area (Å²) in [6, 6.07) is 0. The lowest BCUT2D eigenvalue weighted by Gasteiger charge is -2.24. The lowest BCUT2D eigenvalue weighted by Crippen LogP contribution is -2.37. The van der Waals surface area contributed by atoms with E-state index >= 15 is 0 Å². The molecular weight excluding hydrogens is 465 g/mol. The second-order valence-electron chi connectivity index (χ2n) is 10.9. The number of likely N-dealkylation sites (N-methyl/N-ethyl adjacent to an activating group) is 1. The highest BCUT2D eigenvalue weighted by Gasteiger charge is 2.25. The molecule has 0 saturated heterocycles. The third-order valence-electron chi connectivity index (χ3n) is 6.15. The molecule has 7 nitrogen and oxygen atoms in total. The average Bonchev–Trinajstić information content (AvgIpc) is 2.75. The van der Waals surface area contributed by atoms with Crippen LogP contribution in [0.25, 0.3) is 0 Å². The molecule has 0 heterocycles. The summed E-state index contributed by atoms with van der Waals surface area (Å²) in [5.41, 5.74) is 0. The first-order chi connectivity index (χ1) is 16.6. The minimum atomic E-state index is -4.15. The molecule has 0 aliphatic rings. The van der Waals surface area contributed by atoms with Crippen molar-refractivity contribution in [3.63, 3.8) is 0 Å². The summed E-state index contributed by atoms with van der Waals surface area (Å²) in [6.45, 7) is 4.19. The quantitative estimate of drug-likeness (QED) is 0.0582. The normalized spacial score (nSPS) is 14.6. The van der Waals surface area contributed by atoms with Gasteiger partial charge in [0, 0.05) is 6.92 Å². The van der Waals surface area contributed by atoms with Crippen molar-refractivity contribution in [2.45, 2.75) is 129 Å². The molecule has 8 heteroatoms. The Kier molecular flexibility index (Phi) is 21.3. The van der Waals surface area contributed by atoms with E-state index < -0.39 is 19.9 Å². The van der Waals surface area contributed by atoms with Crippen LogP contribution in [0.5, 0.6) is 0 Å². The van der Waals surface area contributed by atoms with E-state index in [9.17, 15) is 14.3 Å². The smallest absolute Gasteiger partial charge is 0.460 e. The standard InChI is InChI=1S/C27H56NO6P/c1-6-7-8-9-10-11-12-13-14-15-16-17-18-19-20-21-22-27(34-26(2)29)25-33-35(30,31)32-24-23-28(3,4)5/h27H,6-25H2,1-5H3/p+1. The summed E-state index contributed by atoms with van der Waals surface area (Å²) < 4.78 is 28.1. The average molecular weight is 523 g/mol. The lowest BCUT2D eigenvalue weighted by molar-refractivity contribution is -0.870. The molecule has 0 aliphatic carbocycles. The molecule has 0 radical (unpaired) electrons. The number of hydrogen-bond donors (Lipinski definition) is 1. The predicted octanol–water partition coefficient (Wildman–Crippen LogP) is 7.41. The molecule has 0 aromatic carbocycles. The van der Waals surface area contributed by atoms with Crippen LogP contribution in [0.4, 0.5) is 0 Å². The minimum Gasteiger partial charge on any atom is -0.460 e. The van der Waals surface area contributed by atoms with Gasteiger partial charge in [0.05, 0.1) is 27.7 Å².